The van der Waals surface area contributed by atoms with Gasteiger partial charge in [0.2, 0.25) is 6.43 Å². The number of alkyl halides is 2. The van der Waals surface area contributed by atoms with Gasteiger partial charge >= 0.3 is 0 Å². The largest absolute Gasteiger partial charge is 0.391 e. The fourth-order valence-corrected chi connectivity index (χ4v) is 1.55. The van der Waals surface area contributed by atoms with Gasteiger partial charge in [0.15, 0.2) is 0 Å². The molecule has 0 aromatic carbocycles. The minimum Gasteiger partial charge on any atom is -0.391 e. The van der Waals surface area contributed by atoms with Crippen LogP contribution in [0.25, 0.3) is 0 Å². The summed E-state index contributed by atoms with van der Waals surface area (Å²) in [4.78, 5) is 0. The van der Waals surface area contributed by atoms with Crippen LogP contribution in [0, 0.1) is 5.92 Å². The van der Waals surface area contributed by atoms with Crippen LogP contribution in [-0.2, 0) is 0 Å². The van der Waals surface area contributed by atoms with Gasteiger partial charge in [0, 0.05) is 19.5 Å². The van der Waals surface area contributed by atoms with Crippen LogP contribution >= 0.6 is 0 Å². The highest BCUT2D eigenvalue weighted by Gasteiger charge is 2.24. The number of β-amino-alcohol motifs (C(OH)–C–C–N with tert-alkyl or cyclic N) is 1. The van der Waals surface area contributed by atoms with Crippen molar-refractivity contribution >= 4 is 0 Å². The molecular formula is C8H15F2NO. The molecule has 1 saturated heterocycles. The molecule has 1 rings (SSSR count). The van der Waals surface area contributed by atoms with Crippen molar-refractivity contribution < 1.29 is 13.9 Å². The highest BCUT2D eigenvalue weighted by molar-refractivity contribution is 4.79. The minimum atomic E-state index is -2.20. The molecule has 4 heteroatoms. The van der Waals surface area contributed by atoms with Crippen LogP contribution in [0.1, 0.15) is 19.3 Å². The van der Waals surface area contributed by atoms with Gasteiger partial charge < -0.3 is 10.4 Å². The van der Waals surface area contributed by atoms with Crippen molar-refractivity contribution in [2.75, 3.05) is 13.1 Å². The second-order valence-corrected chi connectivity index (χ2v) is 3.31. The lowest BCUT2D eigenvalue weighted by Gasteiger charge is -2.11. The van der Waals surface area contributed by atoms with Crippen LogP contribution in [0.4, 0.5) is 8.78 Å². The van der Waals surface area contributed by atoms with Crippen molar-refractivity contribution in [3.8, 4) is 0 Å². The van der Waals surface area contributed by atoms with E-state index in [0.29, 0.717) is 19.4 Å². The molecule has 0 saturated carbocycles. The van der Waals surface area contributed by atoms with Gasteiger partial charge in [0.1, 0.15) is 0 Å². The molecule has 0 amide bonds. The summed E-state index contributed by atoms with van der Waals surface area (Å²) in [6, 6.07) is 0. The zero-order chi connectivity index (χ0) is 8.97. The highest BCUT2D eigenvalue weighted by Crippen LogP contribution is 2.17. The molecule has 0 unspecified atom stereocenters. The van der Waals surface area contributed by atoms with Crippen molar-refractivity contribution in [1.29, 1.82) is 0 Å². The molecule has 72 valence electrons. The van der Waals surface area contributed by atoms with E-state index in [4.69, 9.17) is 0 Å². The lowest BCUT2D eigenvalue weighted by atomic mass is 9.99. The van der Waals surface area contributed by atoms with Crippen LogP contribution in [0.2, 0.25) is 0 Å². The van der Waals surface area contributed by atoms with Crippen LogP contribution in [0.3, 0.4) is 0 Å². The van der Waals surface area contributed by atoms with Gasteiger partial charge in [-0.25, -0.2) is 8.78 Å². The molecule has 2 nitrogen and oxygen atoms in total. The Labute approximate surface area is 71.0 Å². The van der Waals surface area contributed by atoms with E-state index in [2.05, 4.69) is 5.32 Å². The van der Waals surface area contributed by atoms with Crippen molar-refractivity contribution in [2.24, 2.45) is 5.92 Å². The summed E-state index contributed by atoms with van der Waals surface area (Å²) in [5.74, 6) is 0.184. The zero-order valence-corrected chi connectivity index (χ0v) is 6.97. The SMILES string of the molecule is O[C@@H]1CNC[C@H]1CCCC(F)F. The zero-order valence-electron chi connectivity index (χ0n) is 6.97. The first-order valence-electron chi connectivity index (χ1n) is 4.37. The van der Waals surface area contributed by atoms with Crippen LogP contribution in [0.5, 0.6) is 0 Å². The Morgan fingerprint density at radius 2 is 2.17 bits per heavy atom. The molecule has 0 aromatic rings. The maximum atomic E-state index is 11.7. The number of aliphatic hydroxyl groups is 1. The normalized spacial score (nSPS) is 30.0. The average molecular weight is 179 g/mol. The van der Waals surface area contributed by atoms with Gasteiger partial charge in [0.25, 0.3) is 0 Å². The van der Waals surface area contributed by atoms with E-state index in [9.17, 15) is 13.9 Å². The summed E-state index contributed by atoms with van der Waals surface area (Å²) in [6.07, 6.45) is -1.35. The Balaban J connectivity index is 2.06. The molecule has 2 atom stereocenters. The molecule has 1 heterocycles. The summed E-state index contributed by atoms with van der Waals surface area (Å²) in [6.45, 7) is 1.38. The molecule has 1 fully saturated rings. The van der Waals surface area contributed by atoms with Crippen LogP contribution in [0.15, 0.2) is 0 Å². The third-order valence-corrected chi connectivity index (χ3v) is 2.30. The van der Waals surface area contributed by atoms with Crippen LogP contribution in [-0.4, -0.2) is 30.7 Å². The number of halogens is 2. The van der Waals surface area contributed by atoms with E-state index in [1.165, 1.54) is 0 Å². The molecule has 0 aromatic heterocycles. The fraction of sp³-hybridized carbons (Fsp3) is 1.00. The second kappa shape index (κ2) is 4.72. The van der Waals surface area contributed by atoms with Crippen LogP contribution < -0.4 is 5.32 Å². The molecule has 0 radical (unpaired) electrons. The first kappa shape index (κ1) is 9.86. The average Bonchev–Trinajstić information content (AvgIpc) is 2.36. The number of nitrogens with one attached hydrogen (secondary N) is 1. The van der Waals surface area contributed by atoms with Gasteiger partial charge in [-0.15, -0.1) is 0 Å². The smallest absolute Gasteiger partial charge is 0.238 e. The molecule has 0 spiro atoms. The lowest BCUT2D eigenvalue weighted by Crippen LogP contribution is -2.17. The van der Waals surface area contributed by atoms with Crippen molar-refractivity contribution in [3.63, 3.8) is 0 Å². The summed E-state index contributed by atoms with van der Waals surface area (Å²) < 4.78 is 23.5. The summed E-state index contributed by atoms with van der Waals surface area (Å²) in [5, 5.41) is 12.3. The lowest BCUT2D eigenvalue weighted by molar-refractivity contribution is 0.116. The standard InChI is InChI=1S/C8H15F2NO/c9-8(10)3-1-2-6-4-11-5-7(6)12/h6-8,11-12H,1-5H2/t6-,7-/m1/s1. The van der Waals surface area contributed by atoms with Gasteiger partial charge in [-0.2, -0.15) is 0 Å². The Morgan fingerprint density at radius 3 is 2.67 bits per heavy atom. The predicted octanol–water partition coefficient (Wildman–Crippen LogP) is 1.00. The molecule has 1 aliphatic rings. The predicted molar refractivity (Wildman–Crippen MR) is 42.2 cm³/mol. The molecular weight excluding hydrogens is 164 g/mol. The molecule has 0 aliphatic carbocycles. The summed E-state index contributed by atoms with van der Waals surface area (Å²) >= 11 is 0. The Bertz CT molecular complexity index is 132. The number of rotatable bonds is 4. The van der Waals surface area contributed by atoms with E-state index in [-0.39, 0.29) is 18.4 Å². The minimum absolute atomic E-state index is 0.0385. The quantitative estimate of drug-likeness (QED) is 0.674. The Hall–Kier alpha value is -0.220. The monoisotopic (exact) mass is 179 g/mol. The molecule has 12 heavy (non-hydrogen) atoms. The topological polar surface area (TPSA) is 32.3 Å². The Morgan fingerprint density at radius 1 is 1.42 bits per heavy atom. The first-order chi connectivity index (χ1) is 5.70. The van der Waals surface area contributed by atoms with E-state index in [1.807, 2.05) is 0 Å². The van der Waals surface area contributed by atoms with Crippen molar-refractivity contribution in [1.82, 2.24) is 5.32 Å². The molecule has 2 N–H and O–H groups in total. The number of hydrogen-bond acceptors (Lipinski definition) is 2. The van der Waals surface area contributed by atoms with E-state index >= 15 is 0 Å². The van der Waals surface area contributed by atoms with E-state index < -0.39 is 6.43 Å². The second-order valence-electron chi connectivity index (χ2n) is 3.31. The first-order valence-corrected chi connectivity index (χ1v) is 4.37. The van der Waals surface area contributed by atoms with Gasteiger partial charge in [-0.05, 0) is 18.8 Å². The summed E-state index contributed by atoms with van der Waals surface area (Å²) in [5.41, 5.74) is 0. The maximum Gasteiger partial charge on any atom is 0.238 e. The van der Waals surface area contributed by atoms with Gasteiger partial charge in [0.05, 0.1) is 6.10 Å². The van der Waals surface area contributed by atoms with Crippen molar-refractivity contribution in [2.45, 2.75) is 31.8 Å². The van der Waals surface area contributed by atoms with Gasteiger partial charge in [-0.3, -0.25) is 0 Å². The number of hydrogen-bond donors (Lipinski definition) is 2. The fourth-order valence-electron chi connectivity index (χ4n) is 1.55. The number of aliphatic hydroxyl groups excluding tert-OH is 1. The summed E-state index contributed by atoms with van der Waals surface area (Å²) in [7, 11) is 0. The molecule has 0 bridgehead atoms. The molecule has 1 aliphatic heterocycles. The third-order valence-electron chi connectivity index (χ3n) is 2.30. The Kier molecular flexibility index (Phi) is 3.88. The van der Waals surface area contributed by atoms with Crippen molar-refractivity contribution in [3.05, 3.63) is 0 Å². The third kappa shape index (κ3) is 3.03. The van der Waals surface area contributed by atoms with E-state index in [0.717, 1.165) is 6.54 Å². The maximum absolute atomic E-state index is 11.7. The van der Waals surface area contributed by atoms with E-state index in [1.54, 1.807) is 0 Å². The highest BCUT2D eigenvalue weighted by atomic mass is 19.3. The van der Waals surface area contributed by atoms with Gasteiger partial charge in [-0.1, -0.05) is 0 Å².